The van der Waals surface area contributed by atoms with Crippen LogP contribution >= 0.6 is 24.8 Å². The van der Waals surface area contributed by atoms with Crippen molar-refractivity contribution in [3.05, 3.63) is 18.3 Å². The lowest BCUT2D eigenvalue weighted by molar-refractivity contribution is -0.118. The van der Waals surface area contributed by atoms with E-state index in [0.29, 0.717) is 13.0 Å². The smallest absolute Gasteiger partial charge is 0.225 e. The normalized spacial score (nSPS) is 19.0. The van der Waals surface area contributed by atoms with E-state index in [4.69, 9.17) is 10.5 Å². The Kier molecular flexibility index (Phi) is 9.64. The minimum absolute atomic E-state index is 0. The second-order valence-corrected chi connectivity index (χ2v) is 6.99. The number of nitrogens with one attached hydrogen (secondary N) is 1. The van der Waals surface area contributed by atoms with Crippen molar-refractivity contribution < 1.29 is 9.53 Å². The molecule has 3 rings (SSSR count). The molecule has 6 nitrogen and oxygen atoms in total. The van der Waals surface area contributed by atoms with Crippen LogP contribution in [0.2, 0.25) is 0 Å². The molecule has 0 atom stereocenters. The number of halogens is 2. The lowest BCUT2D eigenvalue weighted by Gasteiger charge is -2.35. The van der Waals surface area contributed by atoms with E-state index in [1.165, 1.54) is 19.3 Å². The molecule has 8 heteroatoms. The molecule has 1 aromatic heterocycles. The number of carbonyl (C=O) groups excluding carboxylic acids is 1. The molecule has 0 bridgehead atoms. The Labute approximate surface area is 168 Å². The first kappa shape index (κ1) is 23.0. The maximum atomic E-state index is 12.4. The molecule has 0 unspecified atom stereocenters. The first-order chi connectivity index (χ1) is 11.7. The molecule has 1 aliphatic heterocycles. The summed E-state index contributed by atoms with van der Waals surface area (Å²) in [6.07, 6.45) is 7.99. The largest absolute Gasteiger partial charge is 0.378 e. The lowest BCUT2D eigenvalue weighted by atomic mass is 9.71. The fourth-order valence-electron chi connectivity index (χ4n) is 3.74. The summed E-state index contributed by atoms with van der Waals surface area (Å²) in [5.41, 5.74) is 6.71. The molecule has 1 saturated heterocycles. The molecule has 2 aliphatic rings. The van der Waals surface area contributed by atoms with Gasteiger partial charge in [-0.15, -0.1) is 24.8 Å². The topological polar surface area (TPSA) is 80.5 Å². The summed E-state index contributed by atoms with van der Waals surface area (Å²) in [6.45, 7) is 3.78. The number of nitrogens with two attached hydrogens (primary N) is 1. The van der Waals surface area contributed by atoms with E-state index in [1.54, 1.807) is 6.20 Å². The minimum Gasteiger partial charge on any atom is -0.378 e. The van der Waals surface area contributed by atoms with Gasteiger partial charge in [0.05, 0.1) is 25.1 Å². The van der Waals surface area contributed by atoms with Gasteiger partial charge >= 0.3 is 0 Å². The Balaban J connectivity index is 0.00000169. The average molecular weight is 405 g/mol. The van der Waals surface area contributed by atoms with Gasteiger partial charge in [0.15, 0.2) is 0 Å². The molecular weight excluding hydrogens is 375 g/mol. The molecule has 2 fully saturated rings. The van der Waals surface area contributed by atoms with Crippen LogP contribution in [0.15, 0.2) is 18.3 Å². The maximum absolute atomic E-state index is 12.4. The number of aromatic nitrogens is 1. The number of ether oxygens (including phenoxy) is 1. The molecule has 1 saturated carbocycles. The summed E-state index contributed by atoms with van der Waals surface area (Å²) in [5.74, 6) is 0.977. The summed E-state index contributed by atoms with van der Waals surface area (Å²) in [6, 6.07) is 3.88. The van der Waals surface area contributed by atoms with Gasteiger partial charge in [-0.3, -0.25) is 4.79 Å². The van der Waals surface area contributed by atoms with Crippen LogP contribution in [0.25, 0.3) is 0 Å². The van der Waals surface area contributed by atoms with E-state index >= 15 is 0 Å². The van der Waals surface area contributed by atoms with Crippen LogP contribution in [-0.2, 0) is 9.53 Å². The van der Waals surface area contributed by atoms with Crippen LogP contribution in [0, 0.1) is 5.41 Å². The number of pyridine rings is 1. The van der Waals surface area contributed by atoms with Crippen LogP contribution in [0.5, 0.6) is 0 Å². The molecule has 3 N–H and O–H groups in total. The molecule has 148 valence electrons. The zero-order valence-electron chi connectivity index (χ0n) is 15.1. The third-order valence-corrected chi connectivity index (χ3v) is 5.25. The molecular formula is C18H30Cl2N4O2. The van der Waals surface area contributed by atoms with Crippen molar-refractivity contribution in [2.45, 2.75) is 38.5 Å². The quantitative estimate of drug-likeness (QED) is 0.787. The number of anilines is 2. The molecule has 0 spiro atoms. The second kappa shape index (κ2) is 10.9. The first-order valence-electron chi connectivity index (χ1n) is 8.99. The molecule has 0 aromatic carbocycles. The Morgan fingerprint density at radius 2 is 1.88 bits per heavy atom. The number of rotatable bonds is 5. The van der Waals surface area contributed by atoms with Gasteiger partial charge in [0.1, 0.15) is 5.82 Å². The van der Waals surface area contributed by atoms with E-state index in [0.717, 1.165) is 50.7 Å². The van der Waals surface area contributed by atoms with Gasteiger partial charge in [-0.1, -0.05) is 19.3 Å². The Hall–Kier alpha value is -1.08. The predicted molar refractivity (Wildman–Crippen MR) is 110 cm³/mol. The number of carbonyl (C=O) groups is 1. The highest BCUT2D eigenvalue weighted by atomic mass is 35.5. The van der Waals surface area contributed by atoms with Crippen molar-refractivity contribution in [2.24, 2.45) is 11.1 Å². The van der Waals surface area contributed by atoms with Crippen LogP contribution in [0.3, 0.4) is 0 Å². The zero-order valence-corrected chi connectivity index (χ0v) is 16.7. The lowest BCUT2D eigenvalue weighted by Crippen LogP contribution is -2.37. The number of amides is 1. The van der Waals surface area contributed by atoms with Crippen LogP contribution in [0.4, 0.5) is 11.5 Å². The van der Waals surface area contributed by atoms with Gasteiger partial charge in [-0.2, -0.15) is 0 Å². The van der Waals surface area contributed by atoms with Crippen LogP contribution in [-0.4, -0.2) is 43.7 Å². The van der Waals surface area contributed by atoms with Gasteiger partial charge in [0.2, 0.25) is 5.91 Å². The second-order valence-electron chi connectivity index (χ2n) is 6.99. The van der Waals surface area contributed by atoms with E-state index in [1.807, 2.05) is 12.1 Å². The maximum Gasteiger partial charge on any atom is 0.225 e. The van der Waals surface area contributed by atoms with Crippen molar-refractivity contribution in [2.75, 3.05) is 43.1 Å². The molecule has 26 heavy (non-hydrogen) atoms. The Morgan fingerprint density at radius 1 is 1.19 bits per heavy atom. The van der Waals surface area contributed by atoms with Crippen molar-refractivity contribution in [3.63, 3.8) is 0 Å². The van der Waals surface area contributed by atoms with Crippen molar-refractivity contribution in [1.29, 1.82) is 0 Å². The number of morpholine rings is 1. The SMILES string of the molecule is Cl.Cl.NCC1(CC(=O)Nc2ccc(N3CCOCC3)nc2)CCCCC1. The minimum atomic E-state index is -0.0104. The van der Waals surface area contributed by atoms with Gasteiger partial charge in [-0.05, 0) is 36.9 Å². The number of hydrogen-bond donors (Lipinski definition) is 2. The third-order valence-electron chi connectivity index (χ3n) is 5.25. The van der Waals surface area contributed by atoms with Gasteiger partial charge in [0.25, 0.3) is 0 Å². The van der Waals surface area contributed by atoms with E-state index < -0.39 is 0 Å². The summed E-state index contributed by atoms with van der Waals surface area (Å²) in [7, 11) is 0. The number of hydrogen-bond acceptors (Lipinski definition) is 5. The van der Waals surface area contributed by atoms with Gasteiger partial charge in [0, 0.05) is 19.5 Å². The highest BCUT2D eigenvalue weighted by Crippen LogP contribution is 2.38. The molecule has 2 heterocycles. The van der Waals surface area contributed by atoms with Crippen molar-refractivity contribution in [1.82, 2.24) is 4.98 Å². The molecule has 0 radical (unpaired) electrons. The fourth-order valence-corrected chi connectivity index (χ4v) is 3.74. The van der Waals surface area contributed by atoms with E-state index in [2.05, 4.69) is 15.2 Å². The Morgan fingerprint density at radius 3 is 2.46 bits per heavy atom. The first-order valence-corrected chi connectivity index (χ1v) is 8.99. The van der Waals surface area contributed by atoms with Crippen molar-refractivity contribution in [3.8, 4) is 0 Å². The summed E-state index contributed by atoms with van der Waals surface area (Å²) < 4.78 is 5.35. The third kappa shape index (κ3) is 5.98. The van der Waals surface area contributed by atoms with E-state index in [-0.39, 0.29) is 36.1 Å². The van der Waals surface area contributed by atoms with E-state index in [9.17, 15) is 4.79 Å². The monoisotopic (exact) mass is 404 g/mol. The molecule has 1 aliphatic carbocycles. The van der Waals surface area contributed by atoms with Crippen LogP contribution < -0.4 is 16.0 Å². The average Bonchev–Trinajstić information content (AvgIpc) is 2.64. The Bertz CT molecular complexity index is 545. The van der Waals surface area contributed by atoms with Crippen molar-refractivity contribution >= 4 is 42.2 Å². The summed E-state index contributed by atoms with van der Waals surface area (Å²) in [4.78, 5) is 19.1. The molecule has 1 amide bonds. The summed E-state index contributed by atoms with van der Waals surface area (Å²) >= 11 is 0. The molecule has 1 aromatic rings. The highest BCUT2D eigenvalue weighted by molar-refractivity contribution is 5.91. The number of nitrogens with zero attached hydrogens (tertiary/aromatic N) is 2. The van der Waals surface area contributed by atoms with Gasteiger partial charge in [-0.25, -0.2) is 4.98 Å². The van der Waals surface area contributed by atoms with Gasteiger partial charge < -0.3 is 20.7 Å². The standard InChI is InChI=1S/C18H28N4O2.2ClH/c19-14-18(6-2-1-3-7-18)12-17(23)21-15-4-5-16(20-13-15)22-8-10-24-11-9-22;;/h4-5,13H,1-3,6-12,14,19H2,(H,21,23);2*1H. The zero-order chi connectivity index (χ0) is 16.8. The fraction of sp³-hybridized carbons (Fsp3) is 0.667. The summed E-state index contributed by atoms with van der Waals surface area (Å²) in [5, 5.41) is 2.98. The predicted octanol–water partition coefficient (Wildman–Crippen LogP) is 3.00. The highest BCUT2D eigenvalue weighted by Gasteiger charge is 2.32. The van der Waals surface area contributed by atoms with Crippen LogP contribution in [0.1, 0.15) is 38.5 Å².